The SMILES string of the molecule is CC(CO)SCc1cc(N)ccn1. The Morgan fingerprint density at radius 2 is 2.46 bits per heavy atom. The van der Waals surface area contributed by atoms with E-state index in [1.165, 1.54) is 0 Å². The molecule has 0 saturated heterocycles. The lowest BCUT2D eigenvalue weighted by Crippen LogP contribution is -2.03. The number of pyridine rings is 1. The smallest absolute Gasteiger partial charge is 0.0547 e. The molecule has 1 aromatic heterocycles. The molecule has 72 valence electrons. The maximum absolute atomic E-state index is 8.80. The van der Waals surface area contributed by atoms with Crippen LogP contribution in [0, 0.1) is 0 Å². The van der Waals surface area contributed by atoms with E-state index in [4.69, 9.17) is 10.8 Å². The third kappa shape index (κ3) is 3.65. The van der Waals surface area contributed by atoms with Gasteiger partial charge in [-0.25, -0.2) is 0 Å². The molecule has 3 nitrogen and oxygen atoms in total. The van der Waals surface area contributed by atoms with Gasteiger partial charge in [0, 0.05) is 22.9 Å². The summed E-state index contributed by atoms with van der Waals surface area (Å²) in [6.45, 7) is 2.18. The summed E-state index contributed by atoms with van der Waals surface area (Å²) < 4.78 is 0. The molecule has 0 saturated carbocycles. The summed E-state index contributed by atoms with van der Waals surface area (Å²) in [4.78, 5) is 4.16. The lowest BCUT2D eigenvalue weighted by atomic mass is 10.3. The Bertz CT molecular complexity index is 268. The van der Waals surface area contributed by atoms with Gasteiger partial charge in [0.1, 0.15) is 0 Å². The molecular weight excluding hydrogens is 184 g/mol. The van der Waals surface area contributed by atoms with Crippen LogP contribution in [-0.4, -0.2) is 21.9 Å². The second kappa shape index (κ2) is 5.09. The van der Waals surface area contributed by atoms with Crippen molar-refractivity contribution in [3.05, 3.63) is 24.0 Å². The Hall–Kier alpha value is -0.740. The zero-order chi connectivity index (χ0) is 9.68. The van der Waals surface area contributed by atoms with Crippen LogP contribution in [0.1, 0.15) is 12.6 Å². The zero-order valence-electron chi connectivity index (χ0n) is 7.60. The minimum absolute atomic E-state index is 0.201. The van der Waals surface area contributed by atoms with Gasteiger partial charge in [-0.2, -0.15) is 11.8 Å². The molecule has 0 aliphatic rings. The minimum Gasteiger partial charge on any atom is -0.399 e. The molecule has 1 rings (SSSR count). The standard InChI is InChI=1S/C9H14N2OS/c1-7(5-12)13-6-9-4-8(10)2-3-11-9/h2-4,7,12H,5-6H2,1H3,(H2,10,11). The van der Waals surface area contributed by atoms with Gasteiger partial charge < -0.3 is 10.8 Å². The number of aromatic nitrogens is 1. The molecule has 0 aliphatic carbocycles. The third-order valence-electron chi connectivity index (χ3n) is 1.61. The van der Waals surface area contributed by atoms with Crippen molar-refractivity contribution in [2.75, 3.05) is 12.3 Å². The summed E-state index contributed by atoms with van der Waals surface area (Å²) in [5, 5.41) is 9.05. The van der Waals surface area contributed by atoms with Crippen LogP contribution in [0.15, 0.2) is 18.3 Å². The summed E-state index contributed by atoms with van der Waals surface area (Å²) in [5.41, 5.74) is 7.30. The predicted octanol–water partition coefficient (Wildman–Crippen LogP) is 1.28. The van der Waals surface area contributed by atoms with Gasteiger partial charge >= 0.3 is 0 Å². The highest BCUT2D eigenvalue weighted by Gasteiger charge is 2.01. The number of rotatable bonds is 4. The first-order valence-electron chi connectivity index (χ1n) is 4.15. The molecule has 1 heterocycles. The fourth-order valence-corrected chi connectivity index (χ4v) is 1.57. The van der Waals surface area contributed by atoms with Crippen LogP contribution in [0.3, 0.4) is 0 Å². The van der Waals surface area contributed by atoms with Gasteiger partial charge in [-0.1, -0.05) is 6.92 Å². The van der Waals surface area contributed by atoms with E-state index in [0.29, 0.717) is 0 Å². The molecule has 0 aromatic carbocycles. The number of hydrogen-bond donors (Lipinski definition) is 2. The van der Waals surface area contributed by atoms with Crippen molar-refractivity contribution in [3.63, 3.8) is 0 Å². The number of hydrogen-bond acceptors (Lipinski definition) is 4. The van der Waals surface area contributed by atoms with Gasteiger partial charge in [0.2, 0.25) is 0 Å². The minimum atomic E-state index is 0.201. The summed E-state index contributed by atoms with van der Waals surface area (Å²) in [5.74, 6) is 0.798. The van der Waals surface area contributed by atoms with Crippen molar-refractivity contribution in [2.45, 2.75) is 17.9 Å². The monoisotopic (exact) mass is 198 g/mol. The quantitative estimate of drug-likeness (QED) is 0.765. The molecule has 3 N–H and O–H groups in total. The van der Waals surface area contributed by atoms with E-state index in [1.807, 2.05) is 13.0 Å². The van der Waals surface area contributed by atoms with Crippen molar-refractivity contribution < 1.29 is 5.11 Å². The molecule has 1 atom stereocenters. The third-order valence-corrected chi connectivity index (χ3v) is 2.79. The molecule has 13 heavy (non-hydrogen) atoms. The van der Waals surface area contributed by atoms with Crippen molar-refractivity contribution in [1.29, 1.82) is 0 Å². The van der Waals surface area contributed by atoms with Gasteiger partial charge in [-0.05, 0) is 12.1 Å². The fourth-order valence-electron chi connectivity index (χ4n) is 0.856. The lowest BCUT2D eigenvalue weighted by Gasteiger charge is -2.06. The molecule has 0 fully saturated rings. The second-order valence-electron chi connectivity index (χ2n) is 2.88. The van der Waals surface area contributed by atoms with Crippen molar-refractivity contribution in [1.82, 2.24) is 4.98 Å². The van der Waals surface area contributed by atoms with Crippen LogP contribution in [0.5, 0.6) is 0 Å². The lowest BCUT2D eigenvalue weighted by molar-refractivity contribution is 0.300. The Morgan fingerprint density at radius 3 is 3.08 bits per heavy atom. The molecule has 0 bridgehead atoms. The normalized spacial score (nSPS) is 12.8. The topological polar surface area (TPSA) is 59.1 Å². The van der Waals surface area contributed by atoms with Crippen molar-refractivity contribution >= 4 is 17.4 Å². The predicted molar refractivity (Wildman–Crippen MR) is 56.5 cm³/mol. The average molecular weight is 198 g/mol. The highest BCUT2D eigenvalue weighted by molar-refractivity contribution is 7.99. The van der Waals surface area contributed by atoms with E-state index in [1.54, 1.807) is 24.0 Å². The first-order chi connectivity index (χ1) is 6.22. The van der Waals surface area contributed by atoms with Gasteiger partial charge in [0.25, 0.3) is 0 Å². The Kier molecular flexibility index (Phi) is 4.05. The number of thioether (sulfide) groups is 1. The summed E-state index contributed by atoms with van der Waals surface area (Å²) >= 11 is 1.67. The van der Waals surface area contributed by atoms with Crippen LogP contribution in [0.4, 0.5) is 5.69 Å². The maximum atomic E-state index is 8.80. The molecular formula is C9H14N2OS. The van der Waals surface area contributed by atoms with Gasteiger partial charge in [-0.3, -0.25) is 4.98 Å². The number of nitrogens with zero attached hydrogens (tertiary/aromatic N) is 1. The largest absolute Gasteiger partial charge is 0.399 e. The van der Waals surface area contributed by atoms with Crippen molar-refractivity contribution in [2.24, 2.45) is 0 Å². The van der Waals surface area contributed by atoms with Gasteiger partial charge in [-0.15, -0.1) is 0 Å². The number of nitrogens with two attached hydrogens (primary N) is 1. The second-order valence-corrected chi connectivity index (χ2v) is 4.31. The number of aliphatic hydroxyl groups excluding tert-OH is 1. The Balaban J connectivity index is 2.45. The first-order valence-corrected chi connectivity index (χ1v) is 5.20. The molecule has 4 heteroatoms. The van der Waals surface area contributed by atoms with E-state index in [0.717, 1.165) is 17.1 Å². The summed E-state index contributed by atoms with van der Waals surface area (Å²) in [6, 6.07) is 3.63. The number of aliphatic hydroxyl groups is 1. The van der Waals surface area contributed by atoms with Gasteiger partial charge in [0.15, 0.2) is 0 Å². The maximum Gasteiger partial charge on any atom is 0.0547 e. The average Bonchev–Trinajstić information content (AvgIpc) is 2.14. The molecule has 0 radical (unpaired) electrons. The van der Waals surface area contributed by atoms with E-state index in [9.17, 15) is 0 Å². The van der Waals surface area contributed by atoms with Gasteiger partial charge in [0.05, 0.1) is 12.3 Å². The van der Waals surface area contributed by atoms with E-state index in [2.05, 4.69) is 4.98 Å². The highest BCUT2D eigenvalue weighted by atomic mass is 32.2. The molecule has 0 aliphatic heterocycles. The van der Waals surface area contributed by atoms with Crippen LogP contribution in [0.25, 0.3) is 0 Å². The Labute approximate surface area is 82.4 Å². The highest BCUT2D eigenvalue weighted by Crippen LogP contribution is 2.16. The van der Waals surface area contributed by atoms with Crippen molar-refractivity contribution in [3.8, 4) is 0 Å². The summed E-state index contributed by atoms with van der Waals surface area (Å²) in [7, 11) is 0. The molecule has 1 aromatic rings. The molecule has 0 amide bonds. The van der Waals surface area contributed by atoms with Crippen LogP contribution in [-0.2, 0) is 5.75 Å². The number of anilines is 1. The zero-order valence-corrected chi connectivity index (χ0v) is 8.42. The fraction of sp³-hybridized carbons (Fsp3) is 0.444. The summed E-state index contributed by atoms with van der Waals surface area (Å²) in [6.07, 6.45) is 1.70. The number of nitrogen functional groups attached to an aromatic ring is 1. The Morgan fingerprint density at radius 1 is 1.69 bits per heavy atom. The van der Waals surface area contributed by atoms with E-state index in [-0.39, 0.29) is 11.9 Å². The van der Waals surface area contributed by atoms with Crippen LogP contribution >= 0.6 is 11.8 Å². The van der Waals surface area contributed by atoms with E-state index < -0.39 is 0 Å². The van der Waals surface area contributed by atoms with E-state index >= 15 is 0 Å². The molecule has 0 spiro atoms. The first kappa shape index (κ1) is 10.3. The van der Waals surface area contributed by atoms with Crippen LogP contribution < -0.4 is 5.73 Å². The molecule has 1 unspecified atom stereocenters. The van der Waals surface area contributed by atoms with Crippen LogP contribution in [0.2, 0.25) is 0 Å².